The highest BCUT2D eigenvalue weighted by molar-refractivity contribution is 5.91. The van der Waals surface area contributed by atoms with Gasteiger partial charge in [0.2, 0.25) is 6.10 Å². The van der Waals surface area contributed by atoms with Crippen LogP contribution in [0.4, 0.5) is 0 Å². The number of oxime groups is 1. The number of hydrogen-bond acceptors (Lipinski definition) is 3. The van der Waals surface area contributed by atoms with E-state index in [9.17, 15) is 4.79 Å². The smallest absolute Gasteiger partial charge is 0.348 e. The van der Waals surface area contributed by atoms with E-state index in [-0.39, 0.29) is 5.92 Å². The zero-order valence-corrected chi connectivity index (χ0v) is 6.57. The first-order chi connectivity index (χ1) is 5.11. The monoisotopic (exact) mass is 157 g/mol. The number of rotatable bonds is 2. The lowest BCUT2D eigenvalue weighted by Gasteiger charge is -2.01. The number of hydrogen-bond donors (Lipinski definition) is 1. The van der Waals surface area contributed by atoms with Crippen LogP contribution in [0, 0.1) is 5.92 Å². The van der Waals surface area contributed by atoms with Crippen molar-refractivity contribution in [2.24, 2.45) is 11.1 Å². The molecule has 0 unspecified atom stereocenters. The Kier molecular flexibility index (Phi) is 2.12. The minimum absolute atomic E-state index is 0.277. The zero-order valence-electron chi connectivity index (χ0n) is 6.57. The van der Waals surface area contributed by atoms with Gasteiger partial charge in [-0.05, 0) is 5.92 Å². The molecule has 1 atom stereocenters. The van der Waals surface area contributed by atoms with Crippen LogP contribution >= 0.6 is 0 Å². The van der Waals surface area contributed by atoms with Crippen molar-refractivity contribution in [1.82, 2.24) is 0 Å². The Balaban J connectivity index is 2.49. The normalized spacial score (nSPS) is 23.2. The molecule has 1 aliphatic heterocycles. The van der Waals surface area contributed by atoms with E-state index < -0.39 is 12.1 Å². The Labute approximate surface area is 64.8 Å². The molecule has 0 aromatic rings. The average molecular weight is 157 g/mol. The largest absolute Gasteiger partial charge is 0.478 e. The lowest BCUT2D eigenvalue weighted by Crippen LogP contribution is -2.20. The van der Waals surface area contributed by atoms with Crippen molar-refractivity contribution in [3.63, 3.8) is 0 Å². The molecule has 0 radical (unpaired) electrons. The van der Waals surface area contributed by atoms with E-state index in [1.54, 1.807) is 0 Å². The van der Waals surface area contributed by atoms with Crippen LogP contribution in [0.5, 0.6) is 0 Å². The summed E-state index contributed by atoms with van der Waals surface area (Å²) in [4.78, 5) is 15.0. The molecule has 0 aromatic heterocycles. The molecule has 0 amide bonds. The minimum Gasteiger partial charge on any atom is -0.478 e. The van der Waals surface area contributed by atoms with Crippen molar-refractivity contribution in [2.45, 2.75) is 26.4 Å². The van der Waals surface area contributed by atoms with Gasteiger partial charge in [-0.25, -0.2) is 4.79 Å². The highest BCUT2D eigenvalue weighted by Gasteiger charge is 2.28. The molecule has 1 aliphatic rings. The van der Waals surface area contributed by atoms with Crippen LogP contribution < -0.4 is 0 Å². The molecular formula is C7H11NO3. The molecule has 0 spiro atoms. The third-order valence-corrected chi connectivity index (χ3v) is 1.63. The quantitative estimate of drug-likeness (QED) is 0.647. The van der Waals surface area contributed by atoms with Crippen molar-refractivity contribution < 1.29 is 14.7 Å². The molecule has 4 heteroatoms. The Morgan fingerprint density at radius 1 is 1.82 bits per heavy atom. The molecule has 62 valence electrons. The molecule has 11 heavy (non-hydrogen) atoms. The second-order valence-corrected chi connectivity index (χ2v) is 2.87. The highest BCUT2D eigenvalue weighted by Crippen LogP contribution is 2.15. The summed E-state index contributed by atoms with van der Waals surface area (Å²) in [5, 5.41) is 12.2. The van der Waals surface area contributed by atoms with E-state index in [2.05, 4.69) is 9.99 Å². The van der Waals surface area contributed by atoms with Gasteiger partial charge in [-0.2, -0.15) is 0 Å². The molecule has 0 fully saturated rings. The van der Waals surface area contributed by atoms with Crippen LogP contribution in [0.15, 0.2) is 5.16 Å². The predicted molar refractivity (Wildman–Crippen MR) is 39.4 cm³/mol. The van der Waals surface area contributed by atoms with Gasteiger partial charge in [0.1, 0.15) is 0 Å². The molecule has 0 aromatic carbocycles. The van der Waals surface area contributed by atoms with Crippen LogP contribution in [-0.2, 0) is 9.63 Å². The van der Waals surface area contributed by atoms with E-state index in [1.165, 1.54) is 0 Å². The maximum atomic E-state index is 10.4. The molecule has 4 nitrogen and oxygen atoms in total. The predicted octanol–water partition coefficient (Wildman–Crippen LogP) is 0.872. The standard InChI is InChI=1S/C7H11NO3/c1-4(2)5-3-6(7(9)10)11-8-5/h4,6H,3H2,1-2H3,(H,9,10)/t6-/m1/s1. The van der Waals surface area contributed by atoms with E-state index >= 15 is 0 Å². The third kappa shape index (κ3) is 1.69. The Morgan fingerprint density at radius 3 is 2.73 bits per heavy atom. The second kappa shape index (κ2) is 2.90. The number of nitrogens with zero attached hydrogens (tertiary/aromatic N) is 1. The number of carbonyl (C=O) groups is 1. The molecule has 0 bridgehead atoms. The maximum absolute atomic E-state index is 10.4. The van der Waals surface area contributed by atoms with Gasteiger partial charge in [-0.1, -0.05) is 19.0 Å². The SMILES string of the molecule is CC(C)C1=NO[C@@H](C(=O)O)C1. The number of carboxylic acid groups (broad SMARTS) is 1. The van der Waals surface area contributed by atoms with Gasteiger partial charge in [0.15, 0.2) is 0 Å². The first-order valence-electron chi connectivity index (χ1n) is 3.56. The van der Waals surface area contributed by atoms with Gasteiger partial charge in [-0.3, -0.25) is 0 Å². The average Bonchev–Trinajstić information content (AvgIpc) is 2.33. The van der Waals surface area contributed by atoms with Crippen LogP contribution in [-0.4, -0.2) is 22.9 Å². The Morgan fingerprint density at radius 2 is 2.45 bits per heavy atom. The van der Waals surface area contributed by atoms with Crippen molar-refractivity contribution in [3.05, 3.63) is 0 Å². The third-order valence-electron chi connectivity index (χ3n) is 1.63. The van der Waals surface area contributed by atoms with Gasteiger partial charge in [0, 0.05) is 6.42 Å². The van der Waals surface area contributed by atoms with Gasteiger partial charge in [0.05, 0.1) is 5.71 Å². The van der Waals surface area contributed by atoms with Crippen molar-refractivity contribution in [3.8, 4) is 0 Å². The summed E-state index contributed by atoms with van der Waals surface area (Å²) in [5.74, 6) is -0.663. The van der Waals surface area contributed by atoms with Crippen LogP contribution in [0.3, 0.4) is 0 Å². The molecule has 1 heterocycles. The highest BCUT2D eigenvalue weighted by atomic mass is 16.7. The first-order valence-corrected chi connectivity index (χ1v) is 3.56. The van der Waals surface area contributed by atoms with Gasteiger partial charge < -0.3 is 9.94 Å². The van der Waals surface area contributed by atoms with Gasteiger partial charge in [0.25, 0.3) is 0 Å². The fourth-order valence-corrected chi connectivity index (χ4v) is 0.869. The number of aliphatic carboxylic acids is 1. The van der Waals surface area contributed by atoms with Crippen LogP contribution in [0.1, 0.15) is 20.3 Å². The summed E-state index contributed by atoms with van der Waals surface area (Å²) in [6.45, 7) is 3.93. The van der Waals surface area contributed by atoms with E-state index in [0.717, 1.165) is 5.71 Å². The topological polar surface area (TPSA) is 58.9 Å². The van der Waals surface area contributed by atoms with E-state index in [4.69, 9.17) is 5.11 Å². The maximum Gasteiger partial charge on any atom is 0.348 e. The number of carboxylic acids is 1. The molecule has 1 N–H and O–H groups in total. The fourth-order valence-electron chi connectivity index (χ4n) is 0.869. The van der Waals surface area contributed by atoms with Crippen molar-refractivity contribution >= 4 is 11.7 Å². The Hall–Kier alpha value is -1.06. The van der Waals surface area contributed by atoms with Crippen molar-refractivity contribution in [1.29, 1.82) is 0 Å². The van der Waals surface area contributed by atoms with Crippen LogP contribution in [0.2, 0.25) is 0 Å². The molecular weight excluding hydrogens is 146 g/mol. The fraction of sp³-hybridized carbons (Fsp3) is 0.714. The minimum atomic E-state index is -0.940. The second-order valence-electron chi connectivity index (χ2n) is 2.87. The summed E-state index contributed by atoms with van der Waals surface area (Å²) in [6, 6.07) is 0. The summed E-state index contributed by atoms with van der Waals surface area (Å²) in [7, 11) is 0. The zero-order chi connectivity index (χ0) is 8.43. The summed E-state index contributed by atoms with van der Waals surface area (Å²) in [6.07, 6.45) is -0.333. The van der Waals surface area contributed by atoms with E-state index in [1.807, 2.05) is 13.8 Å². The molecule has 1 rings (SSSR count). The van der Waals surface area contributed by atoms with Crippen molar-refractivity contribution in [2.75, 3.05) is 0 Å². The van der Waals surface area contributed by atoms with Crippen LogP contribution in [0.25, 0.3) is 0 Å². The molecule has 0 saturated carbocycles. The lowest BCUT2D eigenvalue weighted by atomic mass is 10.0. The Bertz CT molecular complexity index is 198. The molecule has 0 aliphatic carbocycles. The van der Waals surface area contributed by atoms with E-state index in [0.29, 0.717) is 6.42 Å². The lowest BCUT2D eigenvalue weighted by molar-refractivity contribution is -0.148. The summed E-state index contributed by atoms with van der Waals surface area (Å²) >= 11 is 0. The summed E-state index contributed by atoms with van der Waals surface area (Å²) in [5.41, 5.74) is 0.831. The van der Waals surface area contributed by atoms with Gasteiger partial charge >= 0.3 is 5.97 Å². The van der Waals surface area contributed by atoms with Gasteiger partial charge in [-0.15, -0.1) is 0 Å². The summed E-state index contributed by atoms with van der Waals surface area (Å²) < 4.78 is 0. The first kappa shape index (κ1) is 8.04. The molecule has 0 saturated heterocycles.